The van der Waals surface area contributed by atoms with E-state index < -0.39 is 10.0 Å². The molecule has 0 aromatic heterocycles. The number of sulfonamides is 1. The maximum absolute atomic E-state index is 11.8. The molecule has 1 aliphatic rings. The SMILES string of the molecule is CCNS(=O)(=O)c1ccc(NCC2CCC=CO2)cc1. The van der Waals surface area contributed by atoms with Crippen LogP contribution in [0.25, 0.3) is 0 Å². The second-order valence-electron chi connectivity index (χ2n) is 4.61. The molecule has 1 aliphatic heterocycles. The van der Waals surface area contributed by atoms with Gasteiger partial charge in [0.2, 0.25) is 10.0 Å². The molecule has 6 heteroatoms. The predicted octanol–water partition coefficient (Wildman–Crippen LogP) is 2.09. The smallest absolute Gasteiger partial charge is 0.240 e. The molecule has 0 fully saturated rings. The van der Waals surface area contributed by atoms with Crippen LogP contribution in [0.1, 0.15) is 19.8 Å². The van der Waals surface area contributed by atoms with Gasteiger partial charge >= 0.3 is 0 Å². The number of benzene rings is 1. The minimum absolute atomic E-state index is 0.171. The molecule has 1 unspecified atom stereocenters. The van der Waals surface area contributed by atoms with Crippen molar-refractivity contribution < 1.29 is 13.2 Å². The molecule has 2 N–H and O–H groups in total. The molecule has 20 heavy (non-hydrogen) atoms. The van der Waals surface area contributed by atoms with Gasteiger partial charge in [0, 0.05) is 12.2 Å². The summed E-state index contributed by atoms with van der Waals surface area (Å²) in [6.07, 6.45) is 5.95. The molecule has 1 aromatic carbocycles. The van der Waals surface area contributed by atoms with E-state index in [1.165, 1.54) is 0 Å². The number of hydrogen-bond acceptors (Lipinski definition) is 4. The van der Waals surface area contributed by atoms with Gasteiger partial charge in [-0.25, -0.2) is 13.1 Å². The van der Waals surface area contributed by atoms with Crippen molar-refractivity contribution in [1.82, 2.24) is 4.72 Å². The van der Waals surface area contributed by atoms with Crippen LogP contribution in [0.2, 0.25) is 0 Å². The average molecular weight is 296 g/mol. The van der Waals surface area contributed by atoms with Gasteiger partial charge in [-0.05, 0) is 43.2 Å². The van der Waals surface area contributed by atoms with E-state index in [9.17, 15) is 8.42 Å². The molecule has 0 aliphatic carbocycles. The average Bonchev–Trinajstić information content (AvgIpc) is 2.47. The van der Waals surface area contributed by atoms with E-state index in [0.29, 0.717) is 13.1 Å². The van der Waals surface area contributed by atoms with E-state index in [4.69, 9.17) is 4.74 Å². The molecular formula is C14H20N2O3S. The number of hydrogen-bond donors (Lipinski definition) is 2. The van der Waals surface area contributed by atoms with Gasteiger partial charge in [0.05, 0.1) is 17.7 Å². The van der Waals surface area contributed by atoms with Crippen LogP contribution < -0.4 is 10.0 Å². The fraction of sp³-hybridized carbons (Fsp3) is 0.429. The first-order chi connectivity index (χ1) is 9.62. The lowest BCUT2D eigenvalue weighted by Crippen LogP contribution is -2.24. The quantitative estimate of drug-likeness (QED) is 0.843. The number of rotatable bonds is 6. The minimum atomic E-state index is -3.37. The molecule has 1 heterocycles. The third kappa shape index (κ3) is 3.98. The summed E-state index contributed by atoms with van der Waals surface area (Å²) >= 11 is 0. The van der Waals surface area contributed by atoms with Crippen molar-refractivity contribution in [2.75, 3.05) is 18.4 Å². The largest absolute Gasteiger partial charge is 0.497 e. The van der Waals surface area contributed by atoms with Gasteiger partial charge in [0.25, 0.3) is 0 Å². The van der Waals surface area contributed by atoms with Crippen LogP contribution >= 0.6 is 0 Å². The maximum Gasteiger partial charge on any atom is 0.240 e. The molecule has 1 aromatic rings. The first-order valence-electron chi connectivity index (χ1n) is 6.76. The third-order valence-electron chi connectivity index (χ3n) is 3.06. The summed E-state index contributed by atoms with van der Waals surface area (Å²) < 4.78 is 31.5. The monoisotopic (exact) mass is 296 g/mol. The van der Waals surface area contributed by atoms with Crippen molar-refractivity contribution in [3.63, 3.8) is 0 Å². The van der Waals surface area contributed by atoms with Gasteiger partial charge in [-0.3, -0.25) is 0 Å². The van der Waals surface area contributed by atoms with E-state index >= 15 is 0 Å². The van der Waals surface area contributed by atoms with Crippen LogP contribution in [-0.4, -0.2) is 27.6 Å². The highest BCUT2D eigenvalue weighted by Gasteiger charge is 2.13. The summed E-state index contributed by atoms with van der Waals surface area (Å²) in [5.74, 6) is 0. The first-order valence-corrected chi connectivity index (χ1v) is 8.24. The Morgan fingerprint density at radius 3 is 2.65 bits per heavy atom. The van der Waals surface area contributed by atoms with Crippen molar-refractivity contribution in [2.24, 2.45) is 0 Å². The van der Waals surface area contributed by atoms with Crippen molar-refractivity contribution in [2.45, 2.75) is 30.8 Å². The molecule has 0 saturated heterocycles. The molecule has 0 bridgehead atoms. The zero-order valence-electron chi connectivity index (χ0n) is 11.5. The van der Waals surface area contributed by atoms with E-state index in [2.05, 4.69) is 10.0 Å². The van der Waals surface area contributed by atoms with Crippen molar-refractivity contribution in [3.8, 4) is 0 Å². The number of ether oxygens (including phenoxy) is 1. The predicted molar refractivity (Wildman–Crippen MR) is 79.0 cm³/mol. The van der Waals surface area contributed by atoms with E-state index in [1.807, 2.05) is 6.08 Å². The number of anilines is 1. The van der Waals surface area contributed by atoms with Crippen LogP contribution in [0.5, 0.6) is 0 Å². The fourth-order valence-electron chi connectivity index (χ4n) is 1.99. The molecule has 0 spiro atoms. The van der Waals surface area contributed by atoms with Crippen molar-refractivity contribution in [3.05, 3.63) is 36.6 Å². The standard InChI is InChI=1S/C14H20N2O3S/c1-2-16-20(17,18)14-8-6-12(7-9-14)15-11-13-5-3-4-10-19-13/h4,6-10,13,15-16H,2-3,5,11H2,1H3. The first kappa shape index (κ1) is 14.9. The Hall–Kier alpha value is -1.53. The summed E-state index contributed by atoms with van der Waals surface area (Å²) in [7, 11) is -3.37. The molecule has 1 atom stereocenters. The topological polar surface area (TPSA) is 67.4 Å². The second kappa shape index (κ2) is 6.76. The molecule has 2 rings (SSSR count). The lowest BCUT2D eigenvalue weighted by Gasteiger charge is -2.20. The Balaban J connectivity index is 1.93. The zero-order chi connectivity index (χ0) is 14.4. The second-order valence-corrected chi connectivity index (χ2v) is 6.38. The maximum atomic E-state index is 11.8. The van der Waals surface area contributed by atoms with Gasteiger partial charge in [-0.15, -0.1) is 0 Å². The van der Waals surface area contributed by atoms with Gasteiger partial charge in [-0.1, -0.05) is 6.92 Å². The lowest BCUT2D eigenvalue weighted by atomic mass is 10.1. The molecule has 110 valence electrons. The van der Waals surface area contributed by atoms with Crippen LogP contribution in [0, 0.1) is 0 Å². The summed E-state index contributed by atoms with van der Waals surface area (Å²) in [5.41, 5.74) is 0.888. The Labute approximate surface area is 120 Å². The molecule has 0 amide bonds. The van der Waals surface area contributed by atoms with Crippen LogP contribution in [0.15, 0.2) is 41.5 Å². The third-order valence-corrected chi connectivity index (χ3v) is 4.62. The number of allylic oxidation sites excluding steroid dienone is 1. The molecule has 0 saturated carbocycles. The summed E-state index contributed by atoms with van der Waals surface area (Å²) in [5, 5.41) is 3.25. The van der Waals surface area contributed by atoms with Gasteiger partial charge in [0.1, 0.15) is 6.10 Å². The highest BCUT2D eigenvalue weighted by molar-refractivity contribution is 7.89. The van der Waals surface area contributed by atoms with Crippen LogP contribution in [-0.2, 0) is 14.8 Å². The van der Waals surface area contributed by atoms with E-state index in [1.54, 1.807) is 37.5 Å². The van der Waals surface area contributed by atoms with Gasteiger partial charge in [0.15, 0.2) is 0 Å². The Bertz CT molecular complexity index is 552. The molecule has 0 radical (unpaired) electrons. The Morgan fingerprint density at radius 2 is 2.05 bits per heavy atom. The molecule has 5 nitrogen and oxygen atoms in total. The van der Waals surface area contributed by atoms with Crippen molar-refractivity contribution in [1.29, 1.82) is 0 Å². The summed E-state index contributed by atoms with van der Waals surface area (Å²) in [4.78, 5) is 0.279. The highest BCUT2D eigenvalue weighted by atomic mass is 32.2. The van der Waals surface area contributed by atoms with Gasteiger partial charge < -0.3 is 10.1 Å². The summed E-state index contributed by atoms with van der Waals surface area (Å²) in [6.45, 7) is 2.85. The summed E-state index contributed by atoms with van der Waals surface area (Å²) in [6, 6.07) is 6.73. The Kier molecular flexibility index (Phi) is 5.03. The van der Waals surface area contributed by atoms with E-state index in [0.717, 1.165) is 18.5 Å². The Morgan fingerprint density at radius 1 is 1.30 bits per heavy atom. The fourth-order valence-corrected chi connectivity index (χ4v) is 3.03. The van der Waals surface area contributed by atoms with E-state index in [-0.39, 0.29) is 11.0 Å². The van der Waals surface area contributed by atoms with Gasteiger partial charge in [-0.2, -0.15) is 0 Å². The van der Waals surface area contributed by atoms with Crippen molar-refractivity contribution >= 4 is 15.7 Å². The highest BCUT2D eigenvalue weighted by Crippen LogP contribution is 2.15. The van der Waals surface area contributed by atoms with Crippen LogP contribution in [0.3, 0.4) is 0 Å². The normalized spacial score (nSPS) is 18.6. The number of nitrogens with one attached hydrogen (secondary N) is 2. The zero-order valence-corrected chi connectivity index (χ0v) is 12.3. The molecular weight excluding hydrogens is 276 g/mol. The lowest BCUT2D eigenvalue weighted by molar-refractivity contribution is 0.135. The van der Waals surface area contributed by atoms with Crippen LogP contribution in [0.4, 0.5) is 5.69 Å². The minimum Gasteiger partial charge on any atom is -0.497 e.